The van der Waals surface area contributed by atoms with Crippen LogP contribution in [0, 0.1) is 5.92 Å². The molecule has 4 rings (SSSR count). The van der Waals surface area contributed by atoms with Gasteiger partial charge in [0.1, 0.15) is 11.5 Å². The smallest absolute Gasteiger partial charge is 0.269 e. The fourth-order valence-electron chi connectivity index (χ4n) is 4.86. The average molecular weight is 439 g/mol. The summed E-state index contributed by atoms with van der Waals surface area (Å²) in [5.41, 5.74) is 2.32. The van der Waals surface area contributed by atoms with E-state index in [-0.39, 0.29) is 11.5 Å². The van der Waals surface area contributed by atoms with E-state index in [1.54, 1.807) is 25.5 Å². The van der Waals surface area contributed by atoms with E-state index in [0.29, 0.717) is 17.5 Å². The molecule has 0 spiro atoms. The molecule has 0 bridgehead atoms. The summed E-state index contributed by atoms with van der Waals surface area (Å²) >= 11 is 0. The SMILES string of the molecule is CCc1cnc(C2CCN(CC3CCN(c4ccc(C(=O)NC)nc4)CC3)CC2)[nH]c1=O. The molecular formula is C24H34N6O2. The number of hydrogen-bond donors (Lipinski definition) is 2. The summed E-state index contributed by atoms with van der Waals surface area (Å²) in [6.45, 7) is 7.31. The lowest BCUT2D eigenvalue weighted by molar-refractivity contribution is 0.0958. The van der Waals surface area contributed by atoms with Crippen LogP contribution < -0.4 is 15.8 Å². The van der Waals surface area contributed by atoms with Crippen molar-refractivity contribution in [2.45, 2.75) is 44.9 Å². The maximum atomic E-state index is 12.1. The summed E-state index contributed by atoms with van der Waals surface area (Å²) in [6.07, 6.45) is 8.72. The number of amides is 1. The lowest BCUT2D eigenvalue weighted by Crippen LogP contribution is -2.41. The third kappa shape index (κ3) is 5.18. The number of rotatable bonds is 6. The van der Waals surface area contributed by atoms with Crippen LogP contribution in [-0.2, 0) is 6.42 Å². The molecule has 0 aliphatic carbocycles. The Hall–Kier alpha value is -2.74. The minimum Gasteiger partial charge on any atom is -0.370 e. The van der Waals surface area contributed by atoms with Gasteiger partial charge in [0.2, 0.25) is 0 Å². The van der Waals surface area contributed by atoms with Crippen molar-refractivity contribution in [3.8, 4) is 0 Å². The Morgan fingerprint density at radius 2 is 1.84 bits per heavy atom. The predicted octanol–water partition coefficient (Wildman–Crippen LogP) is 2.18. The number of aromatic nitrogens is 3. The molecule has 0 radical (unpaired) electrons. The van der Waals surface area contributed by atoms with Crippen LogP contribution in [0.25, 0.3) is 0 Å². The molecule has 2 aliphatic heterocycles. The zero-order valence-electron chi connectivity index (χ0n) is 19.1. The number of piperidine rings is 2. The molecule has 2 fully saturated rings. The molecule has 2 aromatic rings. The van der Waals surface area contributed by atoms with Gasteiger partial charge in [0.05, 0.1) is 11.9 Å². The highest BCUT2D eigenvalue weighted by atomic mass is 16.1. The van der Waals surface area contributed by atoms with E-state index in [4.69, 9.17) is 0 Å². The number of aryl methyl sites for hydroxylation is 1. The molecule has 1 amide bonds. The molecular weight excluding hydrogens is 404 g/mol. The number of nitrogens with one attached hydrogen (secondary N) is 2. The van der Waals surface area contributed by atoms with Gasteiger partial charge < -0.3 is 20.1 Å². The zero-order chi connectivity index (χ0) is 22.5. The van der Waals surface area contributed by atoms with E-state index in [9.17, 15) is 9.59 Å². The van der Waals surface area contributed by atoms with Crippen LogP contribution in [0.5, 0.6) is 0 Å². The number of H-pyrrole nitrogens is 1. The van der Waals surface area contributed by atoms with Gasteiger partial charge in [-0.3, -0.25) is 9.59 Å². The number of anilines is 1. The molecule has 32 heavy (non-hydrogen) atoms. The van der Waals surface area contributed by atoms with Crippen molar-refractivity contribution in [3.05, 3.63) is 52.0 Å². The topological polar surface area (TPSA) is 94.2 Å². The van der Waals surface area contributed by atoms with Gasteiger partial charge in [0.15, 0.2) is 0 Å². The first-order valence-electron chi connectivity index (χ1n) is 11.8. The van der Waals surface area contributed by atoms with Crippen molar-refractivity contribution >= 4 is 11.6 Å². The van der Waals surface area contributed by atoms with Gasteiger partial charge in [0, 0.05) is 44.4 Å². The fraction of sp³-hybridized carbons (Fsp3) is 0.583. The molecule has 0 unspecified atom stereocenters. The molecule has 4 heterocycles. The molecule has 0 aromatic carbocycles. The minimum absolute atomic E-state index is 0.0187. The molecule has 8 heteroatoms. The third-order valence-electron chi connectivity index (χ3n) is 6.95. The van der Waals surface area contributed by atoms with E-state index >= 15 is 0 Å². The first-order valence-corrected chi connectivity index (χ1v) is 11.8. The van der Waals surface area contributed by atoms with E-state index in [2.05, 4.69) is 30.1 Å². The van der Waals surface area contributed by atoms with E-state index in [1.807, 2.05) is 13.0 Å². The standard InChI is InChI=1S/C24H34N6O2/c1-3-18-14-27-22(28-23(18)31)19-8-10-29(11-9-19)16-17-6-12-30(13-7-17)20-4-5-21(26-15-20)24(32)25-2/h4-5,14-15,17,19H,3,6-13,16H2,1-2H3,(H,25,32)(H,27,28,31). The number of carbonyl (C=O) groups is 1. The van der Waals surface area contributed by atoms with Gasteiger partial charge in [-0.1, -0.05) is 6.92 Å². The van der Waals surface area contributed by atoms with Gasteiger partial charge in [-0.15, -0.1) is 0 Å². The largest absolute Gasteiger partial charge is 0.370 e. The van der Waals surface area contributed by atoms with E-state index in [1.165, 1.54) is 12.8 Å². The summed E-state index contributed by atoms with van der Waals surface area (Å²) in [5, 5.41) is 2.60. The quantitative estimate of drug-likeness (QED) is 0.718. The highest BCUT2D eigenvalue weighted by Gasteiger charge is 2.26. The van der Waals surface area contributed by atoms with Crippen molar-refractivity contribution in [1.82, 2.24) is 25.2 Å². The molecule has 0 atom stereocenters. The second-order valence-corrected chi connectivity index (χ2v) is 8.96. The number of hydrogen-bond acceptors (Lipinski definition) is 6. The average Bonchev–Trinajstić information content (AvgIpc) is 2.84. The maximum Gasteiger partial charge on any atom is 0.269 e. The van der Waals surface area contributed by atoms with Gasteiger partial charge in [0.25, 0.3) is 11.5 Å². The summed E-state index contributed by atoms with van der Waals surface area (Å²) in [5.74, 6) is 1.77. The van der Waals surface area contributed by atoms with Crippen LogP contribution >= 0.6 is 0 Å². The Kier molecular flexibility index (Phi) is 7.19. The van der Waals surface area contributed by atoms with E-state index in [0.717, 1.165) is 69.1 Å². The number of carbonyl (C=O) groups excluding carboxylic acids is 1. The number of aromatic amines is 1. The highest BCUT2D eigenvalue weighted by Crippen LogP contribution is 2.28. The van der Waals surface area contributed by atoms with Crippen molar-refractivity contribution in [2.24, 2.45) is 5.92 Å². The minimum atomic E-state index is -0.154. The Labute approximate surface area is 189 Å². The second-order valence-electron chi connectivity index (χ2n) is 8.96. The number of likely N-dealkylation sites (tertiary alicyclic amines) is 1. The summed E-state index contributed by atoms with van der Waals surface area (Å²) in [6, 6.07) is 3.79. The van der Waals surface area contributed by atoms with Crippen LogP contribution in [0.15, 0.2) is 29.3 Å². The molecule has 0 saturated carbocycles. The molecule has 172 valence electrons. The fourth-order valence-corrected chi connectivity index (χ4v) is 4.86. The van der Waals surface area contributed by atoms with E-state index < -0.39 is 0 Å². The van der Waals surface area contributed by atoms with Gasteiger partial charge in [-0.05, 0) is 63.2 Å². The second kappa shape index (κ2) is 10.3. The molecule has 2 saturated heterocycles. The molecule has 8 nitrogen and oxygen atoms in total. The van der Waals surface area contributed by atoms with Crippen molar-refractivity contribution < 1.29 is 4.79 Å². The normalized spacial score (nSPS) is 18.6. The zero-order valence-corrected chi connectivity index (χ0v) is 19.1. The lowest BCUT2D eigenvalue weighted by Gasteiger charge is -2.38. The first kappa shape index (κ1) is 22.5. The monoisotopic (exact) mass is 438 g/mol. The third-order valence-corrected chi connectivity index (χ3v) is 6.95. The number of pyridine rings is 1. The van der Waals surface area contributed by atoms with Crippen LogP contribution in [0.3, 0.4) is 0 Å². The molecule has 2 aliphatic rings. The summed E-state index contributed by atoms with van der Waals surface area (Å²) in [7, 11) is 1.62. The Balaban J connectivity index is 1.23. The molecule has 2 aromatic heterocycles. The van der Waals surface area contributed by atoms with Crippen LogP contribution in [0.2, 0.25) is 0 Å². The van der Waals surface area contributed by atoms with Crippen LogP contribution in [0.4, 0.5) is 5.69 Å². The van der Waals surface area contributed by atoms with Crippen molar-refractivity contribution in [3.63, 3.8) is 0 Å². The first-order chi connectivity index (χ1) is 15.6. The Bertz CT molecular complexity index is 957. The van der Waals surface area contributed by atoms with Crippen molar-refractivity contribution in [2.75, 3.05) is 44.7 Å². The molecule has 2 N–H and O–H groups in total. The van der Waals surface area contributed by atoms with Gasteiger partial charge in [-0.2, -0.15) is 0 Å². The lowest BCUT2D eigenvalue weighted by atomic mass is 9.92. The van der Waals surface area contributed by atoms with Crippen LogP contribution in [-0.4, -0.2) is 65.5 Å². The maximum absolute atomic E-state index is 12.1. The van der Waals surface area contributed by atoms with Crippen molar-refractivity contribution in [1.29, 1.82) is 0 Å². The Morgan fingerprint density at radius 3 is 2.44 bits per heavy atom. The van der Waals surface area contributed by atoms with Gasteiger partial charge >= 0.3 is 0 Å². The summed E-state index contributed by atoms with van der Waals surface area (Å²) in [4.78, 5) is 40.5. The predicted molar refractivity (Wildman–Crippen MR) is 125 cm³/mol. The van der Waals surface area contributed by atoms with Crippen LogP contribution in [0.1, 0.15) is 60.4 Å². The highest BCUT2D eigenvalue weighted by molar-refractivity contribution is 5.92. The Morgan fingerprint density at radius 1 is 1.09 bits per heavy atom. The summed E-state index contributed by atoms with van der Waals surface area (Å²) < 4.78 is 0. The van der Waals surface area contributed by atoms with Gasteiger partial charge in [-0.25, -0.2) is 9.97 Å². The number of nitrogens with zero attached hydrogens (tertiary/aromatic N) is 4.